The molecule has 0 spiro atoms. The van der Waals surface area contributed by atoms with E-state index in [2.05, 4.69) is 25.7 Å². The largest absolute Gasteiger partial charge is 0.481 e. The van der Waals surface area contributed by atoms with Crippen molar-refractivity contribution in [3.8, 4) is 0 Å². The van der Waals surface area contributed by atoms with Gasteiger partial charge in [-0.1, -0.05) is 27.2 Å². The van der Waals surface area contributed by atoms with Gasteiger partial charge in [0, 0.05) is 12.6 Å². The lowest BCUT2D eigenvalue weighted by atomic mass is 9.76. The van der Waals surface area contributed by atoms with E-state index in [-0.39, 0.29) is 0 Å². The Morgan fingerprint density at radius 2 is 1.86 bits per heavy atom. The van der Waals surface area contributed by atoms with Crippen molar-refractivity contribution < 1.29 is 9.90 Å². The molecule has 0 aromatic rings. The van der Waals surface area contributed by atoms with Gasteiger partial charge in [-0.05, 0) is 63.3 Å². The van der Waals surface area contributed by atoms with Crippen molar-refractivity contribution in [2.24, 2.45) is 16.7 Å². The maximum Gasteiger partial charge on any atom is 0.310 e. The molecule has 1 N–H and O–H groups in total. The van der Waals surface area contributed by atoms with E-state index >= 15 is 0 Å². The van der Waals surface area contributed by atoms with Crippen molar-refractivity contribution in [3.05, 3.63) is 0 Å². The van der Waals surface area contributed by atoms with Crippen LogP contribution in [0.15, 0.2) is 0 Å². The molecule has 0 radical (unpaired) electrons. The summed E-state index contributed by atoms with van der Waals surface area (Å²) in [6.07, 6.45) is 8.30. The third-order valence-electron chi connectivity index (χ3n) is 5.92. The normalized spacial score (nSPS) is 36.2. The summed E-state index contributed by atoms with van der Waals surface area (Å²) >= 11 is 0. The Balaban J connectivity index is 1.98. The van der Waals surface area contributed by atoms with Crippen LogP contribution in [0, 0.1) is 16.7 Å². The Morgan fingerprint density at radius 1 is 1.14 bits per heavy atom. The lowest BCUT2D eigenvalue weighted by Crippen LogP contribution is -2.49. The number of aliphatic carboxylic acids is 1. The fraction of sp³-hybridized carbons (Fsp3) is 0.944. The van der Waals surface area contributed by atoms with Crippen molar-refractivity contribution >= 4 is 5.97 Å². The predicted molar refractivity (Wildman–Crippen MR) is 86.4 cm³/mol. The summed E-state index contributed by atoms with van der Waals surface area (Å²) in [5.41, 5.74) is -0.125. The van der Waals surface area contributed by atoms with Gasteiger partial charge in [0.2, 0.25) is 0 Å². The summed E-state index contributed by atoms with van der Waals surface area (Å²) in [5, 5.41) is 9.49. The van der Waals surface area contributed by atoms with Crippen molar-refractivity contribution in [2.75, 3.05) is 13.1 Å². The molecule has 2 rings (SSSR count). The Bertz CT molecular complexity index is 374. The van der Waals surface area contributed by atoms with Gasteiger partial charge in [-0.2, -0.15) is 0 Å². The highest BCUT2D eigenvalue weighted by Crippen LogP contribution is 2.39. The third kappa shape index (κ3) is 4.00. The molecule has 21 heavy (non-hydrogen) atoms. The third-order valence-corrected chi connectivity index (χ3v) is 5.92. The van der Waals surface area contributed by atoms with Crippen LogP contribution in [0.3, 0.4) is 0 Å². The highest BCUT2D eigenvalue weighted by Gasteiger charge is 2.40. The number of carboxylic acids is 1. The summed E-state index contributed by atoms with van der Waals surface area (Å²) in [5.74, 6) is 0.200. The topological polar surface area (TPSA) is 40.5 Å². The second-order valence-corrected chi connectivity index (χ2v) is 8.66. The molecule has 122 valence electrons. The fourth-order valence-electron chi connectivity index (χ4n) is 4.28. The number of likely N-dealkylation sites (tertiary alicyclic amines) is 1. The van der Waals surface area contributed by atoms with Gasteiger partial charge in [0.15, 0.2) is 0 Å². The Kier molecular flexibility index (Phi) is 5.02. The first kappa shape index (κ1) is 16.8. The second kappa shape index (κ2) is 6.28. The van der Waals surface area contributed by atoms with Crippen molar-refractivity contribution in [1.82, 2.24) is 4.90 Å². The minimum atomic E-state index is -0.617. The number of rotatable bonds is 2. The molecule has 2 fully saturated rings. The van der Waals surface area contributed by atoms with Crippen LogP contribution in [0.25, 0.3) is 0 Å². The van der Waals surface area contributed by atoms with Gasteiger partial charge in [0.25, 0.3) is 0 Å². The molecule has 2 aliphatic rings. The van der Waals surface area contributed by atoms with Crippen molar-refractivity contribution in [1.29, 1.82) is 0 Å². The van der Waals surface area contributed by atoms with Crippen molar-refractivity contribution in [3.63, 3.8) is 0 Å². The van der Waals surface area contributed by atoms with Crippen LogP contribution in [-0.4, -0.2) is 35.1 Å². The number of hydrogen-bond acceptors (Lipinski definition) is 2. The van der Waals surface area contributed by atoms with Crippen LogP contribution in [0.2, 0.25) is 0 Å². The molecule has 0 bridgehead atoms. The van der Waals surface area contributed by atoms with Crippen LogP contribution >= 0.6 is 0 Å². The fourth-order valence-corrected chi connectivity index (χ4v) is 4.28. The SMILES string of the molecule is CC1(C(=O)O)CCCN(C2CCCC(C(C)(C)C)CC2)C1. The van der Waals surface area contributed by atoms with Crippen LogP contribution < -0.4 is 0 Å². The van der Waals surface area contributed by atoms with Gasteiger partial charge in [-0.15, -0.1) is 0 Å². The van der Waals surface area contributed by atoms with Gasteiger partial charge >= 0.3 is 5.97 Å². The average Bonchev–Trinajstić information content (AvgIpc) is 2.63. The molecule has 3 unspecified atom stereocenters. The van der Waals surface area contributed by atoms with Crippen LogP contribution in [0.4, 0.5) is 0 Å². The van der Waals surface area contributed by atoms with E-state index in [4.69, 9.17) is 0 Å². The van der Waals surface area contributed by atoms with Gasteiger partial charge in [-0.25, -0.2) is 0 Å². The Labute approximate surface area is 130 Å². The zero-order valence-corrected chi connectivity index (χ0v) is 14.3. The van der Waals surface area contributed by atoms with Gasteiger partial charge in [0.05, 0.1) is 5.41 Å². The molecule has 3 atom stereocenters. The maximum atomic E-state index is 11.5. The summed E-state index contributed by atoms with van der Waals surface area (Å²) in [7, 11) is 0. The quantitative estimate of drug-likeness (QED) is 0.777. The molecular weight excluding hydrogens is 262 g/mol. The number of hydrogen-bond donors (Lipinski definition) is 1. The lowest BCUT2D eigenvalue weighted by molar-refractivity contribution is -0.151. The number of carboxylic acid groups (broad SMARTS) is 1. The summed E-state index contributed by atoms with van der Waals surface area (Å²) in [6.45, 7) is 10.8. The minimum Gasteiger partial charge on any atom is -0.481 e. The van der Waals surface area contributed by atoms with E-state index in [0.29, 0.717) is 11.5 Å². The molecule has 1 saturated carbocycles. The number of piperidine rings is 1. The monoisotopic (exact) mass is 295 g/mol. The molecule has 3 nitrogen and oxygen atoms in total. The first-order valence-corrected chi connectivity index (χ1v) is 8.70. The molecule has 1 heterocycles. The number of nitrogens with zero attached hydrogens (tertiary/aromatic N) is 1. The van der Waals surface area contributed by atoms with E-state index < -0.39 is 11.4 Å². The molecular formula is C18H33NO2. The lowest BCUT2D eigenvalue weighted by Gasteiger charge is -2.41. The highest BCUT2D eigenvalue weighted by atomic mass is 16.4. The summed E-state index contributed by atoms with van der Waals surface area (Å²) < 4.78 is 0. The van der Waals surface area contributed by atoms with E-state index in [9.17, 15) is 9.90 Å². The zero-order chi connectivity index (χ0) is 15.7. The van der Waals surface area contributed by atoms with E-state index in [1.807, 2.05) is 6.92 Å². The van der Waals surface area contributed by atoms with E-state index in [0.717, 1.165) is 31.8 Å². The molecule has 0 aromatic carbocycles. The molecule has 0 amide bonds. The zero-order valence-electron chi connectivity index (χ0n) is 14.3. The Morgan fingerprint density at radius 3 is 2.48 bits per heavy atom. The van der Waals surface area contributed by atoms with Crippen LogP contribution in [0.5, 0.6) is 0 Å². The van der Waals surface area contributed by atoms with E-state index in [1.165, 1.54) is 32.1 Å². The number of carbonyl (C=O) groups is 1. The average molecular weight is 295 g/mol. The van der Waals surface area contributed by atoms with Gasteiger partial charge < -0.3 is 5.11 Å². The molecule has 1 aliphatic carbocycles. The smallest absolute Gasteiger partial charge is 0.310 e. The summed E-state index contributed by atoms with van der Waals surface area (Å²) in [6, 6.07) is 0.608. The van der Waals surface area contributed by atoms with E-state index in [1.54, 1.807) is 0 Å². The first-order valence-electron chi connectivity index (χ1n) is 8.70. The predicted octanol–water partition coefficient (Wildman–Crippen LogP) is 4.17. The van der Waals surface area contributed by atoms with Gasteiger partial charge in [-0.3, -0.25) is 9.69 Å². The molecule has 1 saturated heterocycles. The van der Waals surface area contributed by atoms with Crippen LogP contribution in [0.1, 0.15) is 72.6 Å². The Hall–Kier alpha value is -0.570. The summed E-state index contributed by atoms with van der Waals surface area (Å²) in [4.78, 5) is 14.0. The van der Waals surface area contributed by atoms with Gasteiger partial charge in [0.1, 0.15) is 0 Å². The second-order valence-electron chi connectivity index (χ2n) is 8.66. The highest BCUT2D eigenvalue weighted by molar-refractivity contribution is 5.74. The molecule has 1 aliphatic heterocycles. The molecule has 0 aromatic heterocycles. The van der Waals surface area contributed by atoms with Crippen molar-refractivity contribution in [2.45, 2.75) is 78.7 Å². The first-order chi connectivity index (χ1) is 9.72. The minimum absolute atomic E-state index is 0.409. The molecule has 3 heteroatoms. The van der Waals surface area contributed by atoms with Crippen LogP contribution in [-0.2, 0) is 4.79 Å². The standard InChI is InChI=1S/C18H33NO2/c1-17(2,3)14-7-5-8-15(10-9-14)19-12-6-11-18(4,13-19)16(20)21/h14-15H,5-13H2,1-4H3,(H,20,21). The maximum absolute atomic E-state index is 11.5.